The third kappa shape index (κ3) is 34.5. The number of guanidine groups is 3. The van der Waals surface area contributed by atoms with Crippen molar-refractivity contribution in [3.8, 4) is 11.5 Å². The second-order valence-corrected chi connectivity index (χ2v) is 36.2. The Bertz CT molecular complexity index is 6300. The van der Waals surface area contributed by atoms with Crippen molar-refractivity contribution in [1.82, 2.24) is 4.98 Å². The Kier molecular flexibility index (Phi) is 54.2. The molecule has 744 valence electrons. The van der Waals surface area contributed by atoms with Gasteiger partial charge in [-0.25, -0.2) is 0 Å². The van der Waals surface area contributed by atoms with Gasteiger partial charge in [0.25, 0.3) is 0 Å². The van der Waals surface area contributed by atoms with E-state index in [4.69, 9.17) is 4.74 Å². The number of aromatic nitrogens is 1. The van der Waals surface area contributed by atoms with Gasteiger partial charge in [-0.15, -0.1) is 60.2 Å². The number of para-hydroxylation sites is 13. The molecule has 16 aromatic carbocycles. The molecule has 17 aromatic rings. The van der Waals surface area contributed by atoms with Gasteiger partial charge in [-0.1, -0.05) is 404 Å². The molecule has 1 saturated heterocycles. The van der Waals surface area contributed by atoms with Gasteiger partial charge in [-0.05, 0) is 201 Å². The van der Waals surface area contributed by atoms with Gasteiger partial charge in [0.2, 0.25) is 0 Å². The second-order valence-electron chi connectivity index (χ2n) is 36.2. The molecule has 15 heteroatoms. The molecule has 1 aliphatic rings. The van der Waals surface area contributed by atoms with E-state index in [2.05, 4.69) is 272 Å². The van der Waals surface area contributed by atoms with Gasteiger partial charge in [-0.2, -0.15) is 73.9 Å². The van der Waals surface area contributed by atoms with E-state index < -0.39 is 0 Å². The van der Waals surface area contributed by atoms with Gasteiger partial charge >= 0.3 is 73.8 Å². The van der Waals surface area contributed by atoms with Crippen molar-refractivity contribution in [2.45, 2.75) is 139 Å². The minimum absolute atomic E-state index is 0. The maximum Gasteiger partial charge on any atom is 4.00 e. The van der Waals surface area contributed by atoms with Crippen LogP contribution in [-0.4, -0.2) is 45.1 Å². The summed E-state index contributed by atoms with van der Waals surface area (Å²) in [5.41, 5.74) is 26.0. The molecule has 0 bridgehead atoms. The number of benzene rings is 16. The number of hydrogen-bond acceptors (Lipinski definition) is 1. The van der Waals surface area contributed by atoms with Crippen LogP contribution < -0.4 is 39.1 Å². The molecule has 2 heterocycles. The average Bonchev–Trinajstić information content (AvgIpc) is 1.43. The summed E-state index contributed by atoms with van der Waals surface area (Å²) in [4.78, 5) is 16.4. The Morgan fingerprint density at radius 3 is 0.911 bits per heavy atom. The summed E-state index contributed by atoms with van der Waals surface area (Å²) < 4.78 is 6.09. The number of aryl methyl sites for hydroxylation is 3. The maximum atomic E-state index is 12.8. The fourth-order valence-electron chi connectivity index (χ4n) is 16.8. The van der Waals surface area contributed by atoms with Crippen LogP contribution in [-0.2, 0) is 73.8 Å². The molecule has 0 N–H and O–H groups in total. The minimum atomic E-state index is 0. The number of anilines is 9. The van der Waals surface area contributed by atoms with Crippen molar-refractivity contribution in [1.29, 1.82) is 0 Å². The number of fused-ring (bicyclic) bond motifs is 3. The number of nitrogens with zero attached hydrogens (tertiary/aromatic N) is 11. The number of rotatable bonds is 18. The van der Waals surface area contributed by atoms with Crippen LogP contribution in [0.2, 0.25) is 0 Å². The zero-order valence-electron chi connectivity index (χ0n) is 89.6. The van der Waals surface area contributed by atoms with Crippen LogP contribution in [0.5, 0.6) is 11.5 Å². The maximum absolute atomic E-state index is 12.8. The molecule has 0 radical (unpaired) electrons. The first kappa shape index (κ1) is 125. The fraction of sp³-hybridized carbons (Fsp3) is 0.191. The van der Waals surface area contributed by atoms with Gasteiger partial charge in [0.15, 0.2) is 0 Å². The first-order chi connectivity index (χ1) is 67.1. The Morgan fingerprint density at radius 1 is 0.342 bits per heavy atom. The van der Waals surface area contributed by atoms with Gasteiger partial charge in [0.1, 0.15) is 11.5 Å². The smallest absolute Gasteiger partial charge is 0.687 e. The average molecular weight is 2210 g/mol. The van der Waals surface area contributed by atoms with Crippen molar-refractivity contribution in [3.05, 3.63) is 551 Å². The summed E-state index contributed by atoms with van der Waals surface area (Å²) in [6.45, 7) is 45.5. The van der Waals surface area contributed by atoms with E-state index in [1.165, 1.54) is 60.8 Å². The molecule has 0 amide bonds. The van der Waals surface area contributed by atoms with Gasteiger partial charge in [-0.3, -0.25) is 0 Å². The largest absolute Gasteiger partial charge is 4.00 e. The van der Waals surface area contributed by atoms with Crippen molar-refractivity contribution in [2.24, 2.45) is 0 Å². The Balaban J connectivity index is 0.000000374. The molecule has 18 rings (SSSR count). The summed E-state index contributed by atoms with van der Waals surface area (Å²) in [6, 6.07) is 138. The van der Waals surface area contributed by atoms with E-state index in [0.717, 1.165) is 103 Å². The minimum Gasteiger partial charge on any atom is -0.687 e. The van der Waals surface area contributed by atoms with Crippen molar-refractivity contribution >= 4 is 96.6 Å². The van der Waals surface area contributed by atoms with Crippen LogP contribution in [0.25, 0.3) is 43.4 Å². The predicted molar refractivity (Wildman–Crippen MR) is 626 cm³/mol. The monoisotopic (exact) mass is 2210 g/mol. The Labute approximate surface area is 930 Å². The summed E-state index contributed by atoms with van der Waals surface area (Å²) in [7, 11) is 3.68. The van der Waals surface area contributed by atoms with Gasteiger partial charge in [0.05, 0.1) is 0 Å². The van der Waals surface area contributed by atoms with Crippen LogP contribution in [0.1, 0.15) is 185 Å². The normalized spacial score (nSPS) is 10.7. The predicted octanol–water partition coefficient (Wildman–Crippen LogP) is 36.5. The van der Waals surface area contributed by atoms with Crippen molar-refractivity contribution < 1.29 is 78.5 Å². The molecule has 0 aliphatic carbocycles. The zero-order chi connectivity index (χ0) is 99.4. The number of hydrogen-bond donors (Lipinski definition) is 0. The topological polar surface area (TPSA) is 124 Å². The summed E-state index contributed by atoms with van der Waals surface area (Å²) in [6.07, 6.45) is 0. The molecule has 146 heavy (non-hydrogen) atoms. The third-order valence-electron chi connectivity index (χ3n) is 23.7. The van der Waals surface area contributed by atoms with Crippen LogP contribution in [0.15, 0.2) is 413 Å². The molecular weight excluding hydrogens is 2060 g/mol. The molecule has 0 unspecified atom stereocenters. The van der Waals surface area contributed by atoms with E-state index in [1.54, 1.807) is 7.05 Å². The first-order valence-electron chi connectivity index (χ1n) is 48.2. The SMILES string of the molecule is CC(C)c1cccc(C(C)C)c1N(C(=[N-])N(C)c1ccccc1)c1ccccc1.CC(C)c1cccc(C(C)C)c1N(C(=[N-])N(c1ccccc1)c1c(C(C)C)cccc1C(C)C)c1ccccc1.C[N-]c1ccccc1.Cc1cc(C)c(N2CCN(c3ccccc3Oc3ccccc3)C2=[N-])c(C)c1.[CH2-]c1ccccc1.[CH2-]c1ccccc1.[CH2-]c1ccccc1.[CH3-].[CH3-].[CH3-].[CH3-].[Hf+4].[Ti+4].[Zr+4].c1ccc2c(c1)[n-]c1ccccc12. The summed E-state index contributed by atoms with van der Waals surface area (Å²) >= 11 is 0. The molecule has 0 saturated carbocycles. The molecule has 12 nitrogen and oxygen atoms in total. The summed E-state index contributed by atoms with van der Waals surface area (Å²) in [5, 5.41) is 41.8. The quantitative estimate of drug-likeness (QED) is 0.0360. The van der Waals surface area contributed by atoms with Crippen molar-refractivity contribution in [2.75, 3.05) is 56.6 Å². The van der Waals surface area contributed by atoms with E-state index in [1.807, 2.05) is 312 Å². The zero-order valence-corrected chi connectivity index (χ0v) is 97.2. The molecule has 1 fully saturated rings. The molecule has 0 spiro atoms. The van der Waals surface area contributed by atoms with Gasteiger partial charge in [0, 0.05) is 23.6 Å². The van der Waals surface area contributed by atoms with E-state index >= 15 is 0 Å². The molecule has 1 aliphatic heterocycles. The standard InChI is InChI=1S/C37H44N3.C26H30N3.C24H24N3O.C12H8N.C7H8N.3C7H7.4CH3.Hf.Ti.Zr/c1-25(2)31-21-15-22-32(26(3)4)35(31)39(29-17-11-9-12-18-29)37(38)40(30-19-13-10-14-20-30)36-33(27(5)6)23-16-24-34(36)28(7)8;1-19(2)23-17-12-18-24(20(3)4)25(23)29(22-15-10-7-11-16-22)26(27)28(5)21-13-8-6-9-14-21;1-17-15-18(2)23(19(3)16-17)27-14-13-26(24(27)25)21-11-7-8-12-22(21)28-20-9-5-4-6-10-20;1-3-7-11-9(5-1)10-6-2-4-8-12(10)13-11;1-8-7-5-3-2-4-6-7;3*1-7-5-3-2-4-6-7;;;;;;;/h9-28H,1-8H3;6-20H,1-5H3;4-12,15-16H,13-14H2,1-3H3;1-8H;2-6H,1H3;3*2-6H,1H2;4*1H3;;;/q12*-1;3*+4. The van der Waals surface area contributed by atoms with Crippen LogP contribution in [0.3, 0.4) is 0 Å². The van der Waals surface area contributed by atoms with Crippen LogP contribution in [0, 0.1) is 71.2 Å². The fourth-order valence-corrected chi connectivity index (χ4v) is 16.8. The van der Waals surface area contributed by atoms with Gasteiger partial charge < -0.3 is 90.4 Å². The first-order valence-corrected chi connectivity index (χ1v) is 48.2. The Morgan fingerprint density at radius 2 is 0.610 bits per heavy atom. The van der Waals surface area contributed by atoms with E-state index in [9.17, 15) is 16.2 Å². The Hall–Kier alpha value is -13.2. The van der Waals surface area contributed by atoms with Crippen LogP contribution >= 0.6 is 0 Å². The molecule has 0 atom stereocenters. The van der Waals surface area contributed by atoms with E-state index in [-0.39, 0.29) is 145 Å². The third-order valence-corrected chi connectivity index (χ3v) is 23.7. The number of ether oxygens (including phenoxy) is 1. The molecular formula is C131H147HfN11OTiZr. The molecule has 1 aromatic heterocycles. The van der Waals surface area contributed by atoms with E-state index in [0.29, 0.717) is 18.4 Å². The van der Waals surface area contributed by atoms with Crippen molar-refractivity contribution in [3.63, 3.8) is 0 Å². The van der Waals surface area contributed by atoms with Crippen LogP contribution in [0.4, 0.5) is 56.9 Å². The summed E-state index contributed by atoms with van der Waals surface area (Å²) in [5.74, 6) is 3.81. The second kappa shape index (κ2) is 63.3.